The van der Waals surface area contributed by atoms with Crippen molar-refractivity contribution in [3.05, 3.63) is 70.8 Å². The monoisotopic (exact) mass is 534 g/mol. The van der Waals surface area contributed by atoms with E-state index < -0.39 is 0 Å². The molecule has 1 heteroatoms. The first-order valence-electron chi connectivity index (χ1n) is 17.1. The molecule has 0 atom stereocenters. The second-order valence-corrected chi connectivity index (χ2v) is 11.8. The number of ether oxygens (including phenoxy) is 1. The molecular formula is C38H62O. The van der Waals surface area contributed by atoms with Crippen LogP contribution in [0.4, 0.5) is 0 Å². The summed E-state index contributed by atoms with van der Waals surface area (Å²) in [5.41, 5.74) is 6.37. The van der Waals surface area contributed by atoms with Crippen molar-refractivity contribution in [2.24, 2.45) is 0 Å². The summed E-state index contributed by atoms with van der Waals surface area (Å²) in [5.74, 6) is 0. The fourth-order valence-corrected chi connectivity index (χ4v) is 5.73. The van der Waals surface area contributed by atoms with Crippen LogP contribution in [-0.2, 0) is 30.4 Å². The Morgan fingerprint density at radius 2 is 0.641 bits per heavy atom. The molecule has 0 radical (unpaired) electrons. The normalized spacial score (nSPS) is 11.3. The Hall–Kier alpha value is -1.60. The van der Waals surface area contributed by atoms with Gasteiger partial charge in [-0.15, -0.1) is 0 Å². The molecule has 2 aromatic rings. The molecule has 0 heterocycles. The number of unbranched alkanes of at least 4 members (excludes halogenated alkanes) is 14. The van der Waals surface area contributed by atoms with Crippen molar-refractivity contribution in [2.45, 2.75) is 155 Å². The lowest BCUT2D eigenvalue weighted by Crippen LogP contribution is -1.97. The van der Waals surface area contributed by atoms with Crippen molar-refractivity contribution < 1.29 is 4.74 Å². The van der Waals surface area contributed by atoms with Gasteiger partial charge in [-0.1, -0.05) is 139 Å². The Balaban J connectivity index is 1.30. The number of aryl methyl sites for hydroxylation is 4. The van der Waals surface area contributed by atoms with Crippen LogP contribution in [0.15, 0.2) is 48.5 Å². The molecule has 0 saturated heterocycles. The molecule has 0 aromatic heterocycles. The van der Waals surface area contributed by atoms with Gasteiger partial charge in [0.25, 0.3) is 0 Å². The zero-order chi connectivity index (χ0) is 27.6. The lowest BCUT2D eigenvalue weighted by molar-refractivity contribution is 0.125. The minimum atomic E-state index is 0.967. The predicted molar refractivity (Wildman–Crippen MR) is 173 cm³/mol. The summed E-state index contributed by atoms with van der Waals surface area (Å²) in [7, 11) is 0. The van der Waals surface area contributed by atoms with Crippen LogP contribution in [0.2, 0.25) is 0 Å². The fraction of sp³-hybridized carbons (Fsp3) is 0.684. The topological polar surface area (TPSA) is 9.23 Å². The molecule has 1 nitrogen and oxygen atoms in total. The average molecular weight is 535 g/mol. The van der Waals surface area contributed by atoms with Crippen molar-refractivity contribution >= 4 is 0 Å². The largest absolute Gasteiger partial charge is 0.381 e. The van der Waals surface area contributed by atoms with Crippen LogP contribution in [0, 0.1) is 0 Å². The Morgan fingerprint density at radius 3 is 0.974 bits per heavy atom. The van der Waals surface area contributed by atoms with E-state index in [4.69, 9.17) is 4.74 Å². The molecule has 0 fully saturated rings. The highest BCUT2D eigenvalue weighted by Crippen LogP contribution is 2.18. The maximum absolute atomic E-state index is 5.90. The Kier molecular flexibility index (Phi) is 20.9. The number of hydrogen-bond acceptors (Lipinski definition) is 1. The van der Waals surface area contributed by atoms with E-state index >= 15 is 0 Å². The molecule has 0 aliphatic carbocycles. The van der Waals surface area contributed by atoms with Gasteiger partial charge in [0.2, 0.25) is 0 Å². The van der Waals surface area contributed by atoms with Gasteiger partial charge in [-0.25, -0.2) is 0 Å². The van der Waals surface area contributed by atoms with E-state index in [0.29, 0.717) is 0 Å². The standard InChI is InChI=1S/C38H62O/c1-3-5-25-35-29-19-21-31-37(35)27-17-13-9-7-11-15-23-33-39-34-24-16-12-8-10-14-18-28-38-32-22-20-30-36(38)26-6-4-2/h19-22,29-32H,3-18,23-28,33-34H2,1-2H3. The summed E-state index contributed by atoms with van der Waals surface area (Å²) in [6.45, 7) is 6.51. The van der Waals surface area contributed by atoms with Gasteiger partial charge in [0.15, 0.2) is 0 Å². The van der Waals surface area contributed by atoms with Crippen LogP contribution in [0.3, 0.4) is 0 Å². The van der Waals surface area contributed by atoms with Gasteiger partial charge in [-0.2, -0.15) is 0 Å². The van der Waals surface area contributed by atoms with E-state index in [1.54, 1.807) is 22.3 Å². The molecule has 2 aromatic carbocycles. The van der Waals surface area contributed by atoms with Gasteiger partial charge in [-0.3, -0.25) is 0 Å². The maximum atomic E-state index is 5.90. The fourth-order valence-electron chi connectivity index (χ4n) is 5.73. The van der Waals surface area contributed by atoms with Gasteiger partial charge in [0, 0.05) is 13.2 Å². The lowest BCUT2D eigenvalue weighted by Gasteiger charge is -2.09. The molecule has 39 heavy (non-hydrogen) atoms. The van der Waals surface area contributed by atoms with E-state index in [1.807, 2.05) is 0 Å². The minimum absolute atomic E-state index is 0.967. The minimum Gasteiger partial charge on any atom is -0.381 e. The van der Waals surface area contributed by atoms with Crippen molar-refractivity contribution in [1.82, 2.24) is 0 Å². The predicted octanol–water partition coefficient (Wildman–Crippen LogP) is 11.6. The third kappa shape index (κ3) is 17.0. The molecule has 220 valence electrons. The van der Waals surface area contributed by atoms with E-state index in [9.17, 15) is 0 Å². The number of rotatable bonds is 26. The molecular weight excluding hydrogens is 472 g/mol. The van der Waals surface area contributed by atoms with Gasteiger partial charge in [0.05, 0.1) is 0 Å². The highest BCUT2D eigenvalue weighted by molar-refractivity contribution is 5.28. The van der Waals surface area contributed by atoms with Crippen molar-refractivity contribution in [1.29, 1.82) is 0 Å². The zero-order valence-corrected chi connectivity index (χ0v) is 26.0. The van der Waals surface area contributed by atoms with Crippen LogP contribution in [0.5, 0.6) is 0 Å². The third-order valence-corrected chi connectivity index (χ3v) is 8.31. The third-order valence-electron chi connectivity index (χ3n) is 8.31. The number of hydrogen-bond donors (Lipinski definition) is 0. The quantitative estimate of drug-likeness (QED) is 0.109. The summed E-state index contributed by atoms with van der Waals surface area (Å²) in [6, 6.07) is 18.2. The van der Waals surface area contributed by atoms with Crippen LogP contribution in [0.25, 0.3) is 0 Å². The molecule has 0 N–H and O–H groups in total. The molecule has 0 aliphatic heterocycles. The van der Waals surface area contributed by atoms with Crippen molar-refractivity contribution in [2.75, 3.05) is 13.2 Å². The van der Waals surface area contributed by atoms with Crippen LogP contribution in [-0.4, -0.2) is 13.2 Å². The van der Waals surface area contributed by atoms with E-state index in [-0.39, 0.29) is 0 Å². The van der Waals surface area contributed by atoms with Crippen molar-refractivity contribution in [3.63, 3.8) is 0 Å². The van der Waals surface area contributed by atoms with Gasteiger partial charge in [-0.05, 0) is 86.5 Å². The summed E-state index contributed by atoms with van der Waals surface area (Å²) < 4.78 is 5.90. The highest BCUT2D eigenvalue weighted by Gasteiger charge is 2.03. The lowest BCUT2D eigenvalue weighted by atomic mass is 9.97. The van der Waals surface area contributed by atoms with E-state index in [1.165, 1.54) is 141 Å². The smallest absolute Gasteiger partial charge is 0.0466 e. The summed E-state index contributed by atoms with van der Waals surface area (Å²) >= 11 is 0. The Morgan fingerprint density at radius 1 is 0.359 bits per heavy atom. The first-order valence-corrected chi connectivity index (χ1v) is 17.1. The summed E-state index contributed by atoms with van der Waals surface area (Å²) in [6.07, 6.45) is 29.2. The molecule has 0 spiro atoms. The molecule has 0 unspecified atom stereocenters. The van der Waals surface area contributed by atoms with Crippen LogP contribution in [0.1, 0.15) is 152 Å². The second kappa shape index (κ2) is 24.2. The summed E-state index contributed by atoms with van der Waals surface area (Å²) in [5, 5.41) is 0. The first kappa shape index (κ1) is 33.6. The van der Waals surface area contributed by atoms with Crippen LogP contribution < -0.4 is 0 Å². The zero-order valence-electron chi connectivity index (χ0n) is 26.0. The molecule has 0 saturated carbocycles. The molecule has 0 amide bonds. The Labute approximate surface area is 243 Å². The van der Waals surface area contributed by atoms with Gasteiger partial charge >= 0.3 is 0 Å². The Bertz CT molecular complexity index is 742. The average Bonchev–Trinajstić information content (AvgIpc) is 2.97. The molecule has 2 rings (SSSR count). The van der Waals surface area contributed by atoms with Crippen LogP contribution >= 0.6 is 0 Å². The van der Waals surface area contributed by atoms with E-state index in [0.717, 1.165) is 13.2 Å². The molecule has 0 aliphatic rings. The summed E-state index contributed by atoms with van der Waals surface area (Å²) in [4.78, 5) is 0. The molecule has 0 bridgehead atoms. The van der Waals surface area contributed by atoms with Crippen molar-refractivity contribution in [3.8, 4) is 0 Å². The SMILES string of the molecule is CCCCc1ccccc1CCCCCCCCCOCCCCCCCCCc1ccccc1CCCC. The van der Waals surface area contributed by atoms with Gasteiger partial charge in [0.1, 0.15) is 0 Å². The highest BCUT2D eigenvalue weighted by atomic mass is 16.5. The first-order chi connectivity index (χ1) is 19.3. The van der Waals surface area contributed by atoms with E-state index in [2.05, 4.69) is 62.4 Å². The number of benzene rings is 2. The van der Waals surface area contributed by atoms with Gasteiger partial charge < -0.3 is 4.74 Å². The maximum Gasteiger partial charge on any atom is 0.0466 e. The second-order valence-electron chi connectivity index (χ2n) is 11.8.